The minimum atomic E-state index is 0.753. The molecule has 1 aliphatic rings. The van der Waals surface area contributed by atoms with Crippen molar-refractivity contribution >= 4 is 15.9 Å². The molecular formula is C12H16BrN. The maximum absolute atomic E-state index is 3.59. The lowest BCUT2D eigenvalue weighted by Gasteiger charge is -2.06. The minimum Gasteiger partial charge on any atom is -0.310 e. The van der Waals surface area contributed by atoms with Gasteiger partial charge in [-0.3, -0.25) is 0 Å². The molecule has 1 aromatic carbocycles. The summed E-state index contributed by atoms with van der Waals surface area (Å²) in [5.41, 5.74) is 2.66. The highest BCUT2D eigenvalue weighted by Gasteiger charge is 2.31. The second-order valence-corrected chi connectivity index (χ2v) is 5.15. The molecule has 0 spiro atoms. The van der Waals surface area contributed by atoms with Gasteiger partial charge in [-0.2, -0.15) is 0 Å². The second-order valence-electron chi connectivity index (χ2n) is 4.30. The lowest BCUT2D eigenvalue weighted by Crippen LogP contribution is -2.17. The molecule has 0 aliphatic heterocycles. The van der Waals surface area contributed by atoms with E-state index in [9.17, 15) is 0 Å². The van der Waals surface area contributed by atoms with Crippen molar-refractivity contribution in [1.29, 1.82) is 0 Å². The van der Waals surface area contributed by atoms with Crippen LogP contribution in [0.15, 0.2) is 22.7 Å². The van der Waals surface area contributed by atoms with Crippen LogP contribution in [0.2, 0.25) is 0 Å². The fourth-order valence-corrected chi connectivity index (χ4v) is 2.28. The molecule has 1 nitrogen and oxygen atoms in total. The highest BCUT2D eigenvalue weighted by Crippen LogP contribution is 2.29. The van der Waals surface area contributed by atoms with Crippen molar-refractivity contribution in [3.63, 3.8) is 0 Å². The quantitative estimate of drug-likeness (QED) is 0.873. The first-order chi connectivity index (χ1) is 6.66. The standard InChI is InChI=1S/C12H16BrN/c1-8-3-4-10(11(13)5-8)7-14-12-6-9(12)2/h3-5,9,12,14H,6-7H2,1-2H3. The van der Waals surface area contributed by atoms with E-state index < -0.39 is 0 Å². The van der Waals surface area contributed by atoms with Crippen LogP contribution in [0, 0.1) is 12.8 Å². The molecule has 1 aliphatic carbocycles. The van der Waals surface area contributed by atoms with Crippen LogP contribution in [0.3, 0.4) is 0 Å². The van der Waals surface area contributed by atoms with Gasteiger partial charge in [0.15, 0.2) is 0 Å². The Morgan fingerprint density at radius 2 is 2.21 bits per heavy atom. The monoisotopic (exact) mass is 253 g/mol. The summed E-state index contributed by atoms with van der Waals surface area (Å²) < 4.78 is 1.22. The van der Waals surface area contributed by atoms with Gasteiger partial charge in [-0.1, -0.05) is 35.0 Å². The first-order valence-electron chi connectivity index (χ1n) is 5.15. The number of nitrogens with one attached hydrogen (secondary N) is 1. The lowest BCUT2D eigenvalue weighted by molar-refractivity contribution is 0.651. The van der Waals surface area contributed by atoms with Crippen LogP contribution in [0.4, 0.5) is 0 Å². The summed E-state index contributed by atoms with van der Waals surface area (Å²) in [7, 11) is 0. The predicted octanol–water partition coefficient (Wildman–Crippen LogP) is 3.26. The Bertz CT molecular complexity index is 335. The molecule has 1 N–H and O–H groups in total. The number of hydrogen-bond acceptors (Lipinski definition) is 1. The van der Waals surface area contributed by atoms with Crippen LogP contribution in [-0.2, 0) is 6.54 Å². The van der Waals surface area contributed by atoms with Crippen LogP contribution >= 0.6 is 15.9 Å². The van der Waals surface area contributed by atoms with E-state index in [2.05, 4.69) is 53.3 Å². The topological polar surface area (TPSA) is 12.0 Å². The van der Waals surface area contributed by atoms with Crippen LogP contribution in [0.5, 0.6) is 0 Å². The fourth-order valence-electron chi connectivity index (χ4n) is 1.64. The first-order valence-corrected chi connectivity index (χ1v) is 5.94. The Morgan fingerprint density at radius 3 is 2.79 bits per heavy atom. The van der Waals surface area contributed by atoms with E-state index >= 15 is 0 Å². The van der Waals surface area contributed by atoms with Gasteiger partial charge >= 0.3 is 0 Å². The van der Waals surface area contributed by atoms with Gasteiger partial charge in [0.05, 0.1) is 0 Å². The third-order valence-corrected chi connectivity index (χ3v) is 3.61. The Balaban J connectivity index is 1.95. The SMILES string of the molecule is Cc1ccc(CNC2CC2C)c(Br)c1. The van der Waals surface area contributed by atoms with E-state index in [0.717, 1.165) is 18.5 Å². The molecule has 0 saturated heterocycles. The third kappa shape index (κ3) is 2.37. The van der Waals surface area contributed by atoms with Crippen molar-refractivity contribution in [2.24, 2.45) is 5.92 Å². The summed E-state index contributed by atoms with van der Waals surface area (Å²) in [5.74, 6) is 0.874. The predicted molar refractivity (Wildman–Crippen MR) is 63.3 cm³/mol. The zero-order valence-corrected chi connectivity index (χ0v) is 10.3. The summed E-state index contributed by atoms with van der Waals surface area (Å²) in [6.07, 6.45) is 1.34. The molecule has 14 heavy (non-hydrogen) atoms. The third-order valence-electron chi connectivity index (χ3n) is 2.87. The summed E-state index contributed by atoms with van der Waals surface area (Å²) >= 11 is 3.59. The van der Waals surface area contributed by atoms with Gasteiger partial charge in [-0.15, -0.1) is 0 Å². The number of halogens is 1. The van der Waals surface area contributed by atoms with E-state index in [1.165, 1.54) is 22.0 Å². The molecule has 76 valence electrons. The van der Waals surface area contributed by atoms with E-state index in [1.807, 2.05) is 0 Å². The molecule has 2 heteroatoms. The molecule has 1 fully saturated rings. The molecule has 0 bridgehead atoms. The number of benzene rings is 1. The molecule has 2 unspecified atom stereocenters. The van der Waals surface area contributed by atoms with E-state index in [1.54, 1.807) is 0 Å². The Morgan fingerprint density at radius 1 is 1.50 bits per heavy atom. The molecule has 0 radical (unpaired) electrons. The number of aryl methyl sites for hydroxylation is 1. The Kier molecular flexibility index (Phi) is 2.93. The Labute approximate surface area is 94.0 Å². The highest BCUT2D eigenvalue weighted by atomic mass is 79.9. The van der Waals surface area contributed by atoms with Crippen LogP contribution in [0.25, 0.3) is 0 Å². The van der Waals surface area contributed by atoms with Gasteiger partial charge in [-0.25, -0.2) is 0 Å². The zero-order chi connectivity index (χ0) is 10.1. The summed E-state index contributed by atoms with van der Waals surface area (Å²) in [4.78, 5) is 0. The van der Waals surface area contributed by atoms with Crippen LogP contribution in [0.1, 0.15) is 24.5 Å². The minimum absolute atomic E-state index is 0.753. The molecule has 0 amide bonds. The normalized spacial score (nSPS) is 25.1. The van der Waals surface area contributed by atoms with E-state index in [4.69, 9.17) is 0 Å². The van der Waals surface area contributed by atoms with Gasteiger partial charge < -0.3 is 5.32 Å². The molecule has 2 rings (SSSR count). The second kappa shape index (κ2) is 4.03. The van der Waals surface area contributed by atoms with Crippen molar-refractivity contribution < 1.29 is 0 Å². The van der Waals surface area contributed by atoms with Gasteiger partial charge in [0.2, 0.25) is 0 Å². The van der Waals surface area contributed by atoms with Gasteiger partial charge in [-0.05, 0) is 36.5 Å². The smallest absolute Gasteiger partial charge is 0.0222 e. The van der Waals surface area contributed by atoms with Crippen molar-refractivity contribution in [1.82, 2.24) is 5.32 Å². The number of hydrogen-bond donors (Lipinski definition) is 1. The van der Waals surface area contributed by atoms with Crippen molar-refractivity contribution in [2.45, 2.75) is 32.9 Å². The van der Waals surface area contributed by atoms with Crippen LogP contribution < -0.4 is 5.32 Å². The molecule has 1 saturated carbocycles. The molecule has 1 aromatic rings. The average molecular weight is 254 g/mol. The summed E-state index contributed by atoms with van der Waals surface area (Å²) in [6, 6.07) is 7.29. The van der Waals surface area contributed by atoms with Crippen molar-refractivity contribution in [3.8, 4) is 0 Å². The van der Waals surface area contributed by atoms with Crippen LogP contribution in [-0.4, -0.2) is 6.04 Å². The lowest BCUT2D eigenvalue weighted by atomic mass is 10.1. The highest BCUT2D eigenvalue weighted by molar-refractivity contribution is 9.10. The first kappa shape index (κ1) is 10.2. The molecule has 0 aromatic heterocycles. The largest absolute Gasteiger partial charge is 0.310 e. The fraction of sp³-hybridized carbons (Fsp3) is 0.500. The van der Waals surface area contributed by atoms with Crippen molar-refractivity contribution in [3.05, 3.63) is 33.8 Å². The Hall–Kier alpha value is -0.340. The molecular weight excluding hydrogens is 238 g/mol. The maximum Gasteiger partial charge on any atom is 0.0222 e. The average Bonchev–Trinajstić information content (AvgIpc) is 2.80. The van der Waals surface area contributed by atoms with Gasteiger partial charge in [0, 0.05) is 17.1 Å². The zero-order valence-electron chi connectivity index (χ0n) is 8.68. The number of rotatable bonds is 3. The summed E-state index contributed by atoms with van der Waals surface area (Å²) in [5, 5.41) is 3.55. The molecule has 0 heterocycles. The van der Waals surface area contributed by atoms with Gasteiger partial charge in [0.1, 0.15) is 0 Å². The summed E-state index contributed by atoms with van der Waals surface area (Å²) in [6.45, 7) is 5.39. The van der Waals surface area contributed by atoms with Crippen molar-refractivity contribution in [2.75, 3.05) is 0 Å². The van der Waals surface area contributed by atoms with Gasteiger partial charge in [0.25, 0.3) is 0 Å². The van der Waals surface area contributed by atoms with E-state index in [-0.39, 0.29) is 0 Å². The maximum atomic E-state index is 3.59. The molecule has 2 atom stereocenters. The van der Waals surface area contributed by atoms with E-state index in [0.29, 0.717) is 0 Å².